The second kappa shape index (κ2) is 7.50. The fourth-order valence-corrected chi connectivity index (χ4v) is 3.98. The molecule has 0 saturated heterocycles. The van der Waals surface area contributed by atoms with Crippen LogP contribution in [-0.4, -0.2) is 28.2 Å². The molecule has 0 fully saturated rings. The van der Waals surface area contributed by atoms with Gasteiger partial charge in [0.2, 0.25) is 11.8 Å². The molecule has 5 heteroatoms. The summed E-state index contributed by atoms with van der Waals surface area (Å²) in [5.74, 6) is -0.0637. The average Bonchev–Trinajstić information content (AvgIpc) is 3.05. The molecule has 1 atom stereocenters. The lowest BCUT2D eigenvalue weighted by atomic mass is 10.00. The molecule has 144 valence electrons. The molecular formula is C23H25N3O2. The highest BCUT2D eigenvalue weighted by atomic mass is 16.2. The van der Waals surface area contributed by atoms with Gasteiger partial charge in [-0.05, 0) is 18.6 Å². The molecule has 0 aliphatic carbocycles. The van der Waals surface area contributed by atoms with Crippen LogP contribution in [0.2, 0.25) is 0 Å². The maximum Gasteiger partial charge on any atom is 0.225 e. The van der Waals surface area contributed by atoms with Gasteiger partial charge in [0.05, 0.1) is 12.5 Å². The Balaban J connectivity index is 1.53. The number of aryl methyl sites for hydroxylation is 1. The van der Waals surface area contributed by atoms with Crippen LogP contribution in [0.4, 0.5) is 0 Å². The lowest BCUT2D eigenvalue weighted by molar-refractivity contribution is -0.133. The van der Waals surface area contributed by atoms with E-state index >= 15 is 0 Å². The predicted octanol–water partition coefficient (Wildman–Crippen LogP) is 3.63. The van der Waals surface area contributed by atoms with Crippen LogP contribution in [0, 0.1) is 6.92 Å². The first-order valence-corrected chi connectivity index (χ1v) is 9.71. The molecule has 0 unspecified atom stereocenters. The van der Waals surface area contributed by atoms with Crippen molar-refractivity contribution in [2.24, 2.45) is 0 Å². The number of H-pyrrole nitrogens is 1. The zero-order valence-electron chi connectivity index (χ0n) is 16.3. The lowest BCUT2D eigenvalue weighted by Gasteiger charge is -2.29. The molecule has 3 aromatic rings. The number of aromatic amines is 1. The van der Waals surface area contributed by atoms with Crippen molar-refractivity contribution in [2.75, 3.05) is 6.54 Å². The Morgan fingerprint density at radius 2 is 1.89 bits per heavy atom. The van der Waals surface area contributed by atoms with Crippen LogP contribution in [0.5, 0.6) is 0 Å². The summed E-state index contributed by atoms with van der Waals surface area (Å²) in [7, 11) is 0. The largest absolute Gasteiger partial charge is 0.358 e. The Kier molecular flexibility index (Phi) is 4.90. The molecule has 5 nitrogen and oxygen atoms in total. The van der Waals surface area contributed by atoms with Gasteiger partial charge in [-0.15, -0.1) is 0 Å². The quantitative estimate of drug-likeness (QED) is 0.731. The molecule has 1 aliphatic rings. The van der Waals surface area contributed by atoms with E-state index in [1.165, 1.54) is 23.6 Å². The summed E-state index contributed by atoms with van der Waals surface area (Å²) in [6.45, 7) is 4.82. The summed E-state index contributed by atoms with van der Waals surface area (Å²) in [6.07, 6.45) is 1.09. The third-order valence-corrected chi connectivity index (χ3v) is 5.47. The monoisotopic (exact) mass is 375 g/mol. The maximum atomic E-state index is 13.1. The fraction of sp³-hybridized carbons (Fsp3) is 0.304. The molecule has 4 rings (SSSR count). The normalized spacial score (nSPS) is 14.6. The van der Waals surface area contributed by atoms with Crippen molar-refractivity contribution in [3.63, 3.8) is 0 Å². The van der Waals surface area contributed by atoms with Gasteiger partial charge in [0.25, 0.3) is 0 Å². The fourth-order valence-electron chi connectivity index (χ4n) is 3.98. The molecule has 2 aromatic carbocycles. The van der Waals surface area contributed by atoms with Gasteiger partial charge < -0.3 is 15.2 Å². The van der Waals surface area contributed by atoms with Crippen LogP contribution in [0.1, 0.15) is 41.8 Å². The molecule has 2 heterocycles. The summed E-state index contributed by atoms with van der Waals surface area (Å²) in [5, 5.41) is 4.12. The number of benzene rings is 2. The van der Waals surface area contributed by atoms with Gasteiger partial charge in [0.1, 0.15) is 0 Å². The molecule has 0 bridgehead atoms. The molecule has 0 spiro atoms. The molecule has 0 radical (unpaired) electrons. The number of nitrogens with zero attached hydrogens (tertiary/aromatic N) is 1. The highest BCUT2D eigenvalue weighted by Gasteiger charge is 2.26. The average molecular weight is 375 g/mol. The second-order valence-corrected chi connectivity index (χ2v) is 7.56. The molecule has 2 amide bonds. The number of hydrogen-bond donors (Lipinski definition) is 2. The minimum atomic E-state index is -0.310. The molecule has 28 heavy (non-hydrogen) atoms. The number of amides is 2. The van der Waals surface area contributed by atoms with Gasteiger partial charge in [-0.2, -0.15) is 0 Å². The van der Waals surface area contributed by atoms with Gasteiger partial charge in [-0.25, -0.2) is 0 Å². The summed E-state index contributed by atoms with van der Waals surface area (Å²) < 4.78 is 0. The van der Waals surface area contributed by atoms with E-state index in [-0.39, 0.29) is 24.3 Å². The van der Waals surface area contributed by atoms with E-state index in [9.17, 15) is 9.59 Å². The Hall–Kier alpha value is -3.08. The van der Waals surface area contributed by atoms with Gasteiger partial charge in [-0.1, -0.05) is 48.0 Å². The van der Waals surface area contributed by atoms with E-state index in [1.807, 2.05) is 48.2 Å². The van der Waals surface area contributed by atoms with Crippen molar-refractivity contribution >= 4 is 22.7 Å². The van der Waals surface area contributed by atoms with Gasteiger partial charge in [0.15, 0.2) is 0 Å². The van der Waals surface area contributed by atoms with E-state index in [0.29, 0.717) is 13.1 Å². The summed E-state index contributed by atoms with van der Waals surface area (Å²) in [4.78, 5) is 30.1. The second-order valence-electron chi connectivity index (χ2n) is 7.56. The van der Waals surface area contributed by atoms with Crippen LogP contribution in [0.3, 0.4) is 0 Å². The Bertz CT molecular complexity index is 1020. The zero-order chi connectivity index (χ0) is 19.7. The van der Waals surface area contributed by atoms with E-state index in [1.54, 1.807) is 0 Å². The van der Waals surface area contributed by atoms with E-state index in [2.05, 4.69) is 22.4 Å². The van der Waals surface area contributed by atoms with Crippen LogP contribution >= 0.6 is 0 Å². The number of hydrogen-bond acceptors (Lipinski definition) is 2. The zero-order valence-corrected chi connectivity index (χ0v) is 16.3. The van der Waals surface area contributed by atoms with Crippen LogP contribution in [0.25, 0.3) is 10.9 Å². The third kappa shape index (κ3) is 3.65. The number of aromatic nitrogens is 1. The van der Waals surface area contributed by atoms with Crippen LogP contribution < -0.4 is 5.32 Å². The number of fused-ring (bicyclic) bond motifs is 3. The van der Waals surface area contributed by atoms with Crippen molar-refractivity contribution in [3.8, 4) is 0 Å². The van der Waals surface area contributed by atoms with Crippen molar-refractivity contribution in [1.29, 1.82) is 0 Å². The number of rotatable bonds is 4. The summed E-state index contributed by atoms with van der Waals surface area (Å²) in [6, 6.07) is 15.9. The van der Waals surface area contributed by atoms with Gasteiger partial charge >= 0.3 is 0 Å². The number of para-hydroxylation sites is 1. The Morgan fingerprint density at radius 3 is 2.64 bits per heavy atom. The van der Waals surface area contributed by atoms with Crippen molar-refractivity contribution in [1.82, 2.24) is 15.2 Å². The van der Waals surface area contributed by atoms with Crippen molar-refractivity contribution in [3.05, 3.63) is 70.9 Å². The lowest BCUT2D eigenvalue weighted by Crippen LogP contribution is -2.38. The third-order valence-electron chi connectivity index (χ3n) is 5.47. The van der Waals surface area contributed by atoms with Crippen molar-refractivity contribution in [2.45, 2.75) is 39.3 Å². The minimum absolute atomic E-state index is 0.0651. The number of carbonyl (C=O) groups excluding carboxylic acids is 2. The smallest absolute Gasteiger partial charge is 0.225 e. The summed E-state index contributed by atoms with van der Waals surface area (Å²) in [5.41, 5.74) is 5.67. The first-order chi connectivity index (χ1) is 13.5. The van der Waals surface area contributed by atoms with E-state index in [4.69, 9.17) is 0 Å². The first-order valence-electron chi connectivity index (χ1n) is 9.71. The molecular weight excluding hydrogens is 350 g/mol. The van der Waals surface area contributed by atoms with E-state index < -0.39 is 0 Å². The summed E-state index contributed by atoms with van der Waals surface area (Å²) >= 11 is 0. The Labute approximate surface area is 164 Å². The van der Waals surface area contributed by atoms with Crippen LogP contribution in [0.15, 0.2) is 48.5 Å². The molecule has 1 aromatic heterocycles. The Morgan fingerprint density at radius 1 is 1.14 bits per heavy atom. The highest BCUT2D eigenvalue weighted by molar-refractivity contribution is 5.86. The number of carbonyl (C=O) groups is 2. The van der Waals surface area contributed by atoms with Gasteiger partial charge in [-0.3, -0.25) is 9.59 Å². The SMILES string of the molecule is CC(=O)N[C@H](CC(=O)N1CCc2[nH]c3ccccc3c2C1)c1ccc(C)cc1. The highest BCUT2D eigenvalue weighted by Crippen LogP contribution is 2.28. The standard InChI is InChI=1S/C23H25N3O2/c1-15-7-9-17(10-8-15)22(24-16(2)27)13-23(28)26-12-11-21-19(14-26)18-5-3-4-6-20(18)25-21/h3-10,22,25H,11-14H2,1-2H3,(H,24,27)/t22-/m1/s1. The molecule has 1 aliphatic heterocycles. The molecule has 0 saturated carbocycles. The molecule has 2 N–H and O–H groups in total. The maximum absolute atomic E-state index is 13.1. The van der Waals surface area contributed by atoms with E-state index in [0.717, 1.165) is 23.1 Å². The van der Waals surface area contributed by atoms with Gasteiger partial charge in [0, 0.05) is 48.6 Å². The first kappa shape index (κ1) is 18.3. The van der Waals surface area contributed by atoms with Crippen LogP contribution in [-0.2, 0) is 22.6 Å². The van der Waals surface area contributed by atoms with Crippen molar-refractivity contribution < 1.29 is 9.59 Å². The predicted molar refractivity (Wildman–Crippen MR) is 110 cm³/mol. The minimum Gasteiger partial charge on any atom is -0.358 e. The number of nitrogens with one attached hydrogen (secondary N) is 2. The topological polar surface area (TPSA) is 65.2 Å².